The molecule has 10 atom stereocenters. The third-order valence-corrected chi connectivity index (χ3v) is 6.14. The van der Waals surface area contributed by atoms with Gasteiger partial charge in [0, 0.05) is 11.3 Å². The molecule has 0 amide bonds. The molecule has 2 rings (SSSR count). The smallest absolute Gasteiger partial charge is 0.187 e. The minimum atomic E-state index is -1.60. The number of ether oxygens (including phenoxy) is 2. The Morgan fingerprint density at radius 3 is 2.29 bits per heavy atom. The van der Waals surface area contributed by atoms with Crippen LogP contribution >= 0.6 is 0 Å². The first-order valence-electron chi connectivity index (χ1n) is 9.59. The van der Waals surface area contributed by atoms with Crippen LogP contribution < -0.4 is 0 Å². The highest BCUT2D eigenvalue weighted by Gasteiger charge is 2.57. The zero-order valence-corrected chi connectivity index (χ0v) is 16.7. The van der Waals surface area contributed by atoms with Gasteiger partial charge < -0.3 is 45.2 Å². The van der Waals surface area contributed by atoms with Crippen molar-refractivity contribution in [3.8, 4) is 0 Å². The van der Waals surface area contributed by atoms with E-state index in [9.17, 15) is 35.7 Å². The van der Waals surface area contributed by atoms with Gasteiger partial charge in [-0.3, -0.25) is 0 Å². The highest BCUT2D eigenvalue weighted by Crippen LogP contribution is 2.49. The van der Waals surface area contributed by atoms with Crippen molar-refractivity contribution in [3.05, 3.63) is 12.2 Å². The molecule has 0 bridgehead atoms. The highest BCUT2D eigenvalue weighted by atomic mass is 16.7. The topological polar surface area (TPSA) is 160 Å². The van der Waals surface area contributed by atoms with E-state index in [-0.39, 0.29) is 6.42 Å². The van der Waals surface area contributed by atoms with E-state index in [2.05, 4.69) is 0 Å². The Morgan fingerprint density at radius 1 is 1.14 bits per heavy atom. The molecular formula is C19H34O9. The van der Waals surface area contributed by atoms with Gasteiger partial charge in [0.2, 0.25) is 0 Å². The lowest BCUT2D eigenvalue weighted by Crippen LogP contribution is -2.64. The van der Waals surface area contributed by atoms with E-state index in [0.717, 1.165) is 0 Å². The van der Waals surface area contributed by atoms with Gasteiger partial charge in [0.25, 0.3) is 0 Å². The van der Waals surface area contributed by atoms with Crippen LogP contribution in [0.5, 0.6) is 0 Å². The van der Waals surface area contributed by atoms with Gasteiger partial charge >= 0.3 is 0 Å². The second-order valence-electron chi connectivity index (χ2n) is 8.67. The Labute approximate surface area is 164 Å². The van der Waals surface area contributed by atoms with Crippen LogP contribution in [-0.4, -0.2) is 97.0 Å². The molecule has 1 aliphatic carbocycles. The third kappa shape index (κ3) is 4.28. The van der Waals surface area contributed by atoms with E-state index in [1.54, 1.807) is 27.7 Å². The van der Waals surface area contributed by atoms with Crippen molar-refractivity contribution >= 4 is 0 Å². The van der Waals surface area contributed by atoms with Gasteiger partial charge in [-0.05, 0) is 13.3 Å². The van der Waals surface area contributed by atoms with Gasteiger partial charge in [0.15, 0.2) is 6.29 Å². The summed E-state index contributed by atoms with van der Waals surface area (Å²) in [7, 11) is 0. The van der Waals surface area contributed by atoms with Gasteiger partial charge in [0.1, 0.15) is 24.4 Å². The maximum absolute atomic E-state index is 11.4. The van der Waals surface area contributed by atoms with Crippen LogP contribution in [0.2, 0.25) is 0 Å². The average Bonchev–Trinajstić information content (AvgIpc) is 2.61. The summed E-state index contributed by atoms with van der Waals surface area (Å²) >= 11 is 0. The highest BCUT2D eigenvalue weighted by molar-refractivity contribution is 5.17. The second-order valence-corrected chi connectivity index (χ2v) is 8.67. The van der Waals surface area contributed by atoms with Gasteiger partial charge in [-0.25, -0.2) is 0 Å². The number of hydrogen-bond acceptors (Lipinski definition) is 9. The van der Waals surface area contributed by atoms with Gasteiger partial charge in [-0.1, -0.05) is 32.9 Å². The summed E-state index contributed by atoms with van der Waals surface area (Å²) < 4.78 is 11.1. The summed E-state index contributed by atoms with van der Waals surface area (Å²) in [5.41, 5.74) is -2.19. The lowest BCUT2D eigenvalue weighted by molar-refractivity contribution is -0.332. The summed E-state index contributed by atoms with van der Waals surface area (Å²) in [4.78, 5) is 0. The monoisotopic (exact) mass is 406 g/mol. The summed E-state index contributed by atoms with van der Waals surface area (Å²) in [5, 5.41) is 70.9. The van der Waals surface area contributed by atoms with E-state index in [1.807, 2.05) is 0 Å². The van der Waals surface area contributed by atoms with Crippen LogP contribution in [0.4, 0.5) is 0 Å². The predicted molar refractivity (Wildman–Crippen MR) is 98.0 cm³/mol. The molecule has 0 aromatic carbocycles. The number of hydrogen-bond donors (Lipinski definition) is 7. The summed E-state index contributed by atoms with van der Waals surface area (Å²) in [6, 6.07) is 0. The molecule has 0 aromatic heterocycles. The molecule has 1 saturated carbocycles. The summed E-state index contributed by atoms with van der Waals surface area (Å²) in [5.74, 6) is -0.673. The van der Waals surface area contributed by atoms with Crippen molar-refractivity contribution < 1.29 is 45.2 Å². The molecule has 9 nitrogen and oxygen atoms in total. The van der Waals surface area contributed by atoms with E-state index >= 15 is 0 Å². The number of aliphatic hydroxyl groups excluding tert-OH is 6. The zero-order valence-electron chi connectivity index (χ0n) is 16.7. The fourth-order valence-electron chi connectivity index (χ4n) is 4.21. The molecule has 9 heteroatoms. The Balaban J connectivity index is 2.27. The molecule has 7 N–H and O–H groups in total. The van der Waals surface area contributed by atoms with Crippen LogP contribution in [0.3, 0.4) is 0 Å². The molecule has 2 aliphatic rings. The van der Waals surface area contributed by atoms with Crippen molar-refractivity contribution in [2.75, 3.05) is 6.61 Å². The summed E-state index contributed by atoms with van der Waals surface area (Å²) in [6.07, 6.45) is -6.89. The molecule has 0 unspecified atom stereocenters. The Morgan fingerprint density at radius 2 is 1.75 bits per heavy atom. The molecule has 0 spiro atoms. The fourth-order valence-corrected chi connectivity index (χ4v) is 4.21. The number of aliphatic hydroxyl groups is 7. The maximum atomic E-state index is 11.4. The minimum absolute atomic E-state index is 0.167. The molecule has 0 aromatic rings. The molecular weight excluding hydrogens is 372 g/mol. The third-order valence-electron chi connectivity index (χ3n) is 6.14. The van der Waals surface area contributed by atoms with Crippen LogP contribution in [0.25, 0.3) is 0 Å². The Kier molecular flexibility index (Phi) is 7.29. The molecule has 28 heavy (non-hydrogen) atoms. The molecule has 0 radical (unpaired) electrons. The van der Waals surface area contributed by atoms with Crippen LogP contribution in [0.15, 0.2) is 12.2 Å². The van der Waals surface area contributed by atoms with Crippen molar-refractivity contribution in [2.24, 2.45) is 11.3 Å². The molecule has 1 heterocycles. The first-order valence-corrected chi connectivity index (χ1v) is 9.59. The normalized spacial score (nSPS) is 48.0. The van der Waals surface area contributed by atoms with Gasteiger partial charge in [-0.2, -0.15) is 0 Å². The van der Waals surface area contributed by atoms with Gasteiger partial charge in [-0.15, -0.1) is 0 Å². The average molecular weight is 406 g/mol. The van der Waals surface area contributed by atoms with Crippen LogP contribution in [0.1, 0.15) is 34.1 Å². The van der Waals surface area contributed by atoms with Gasteiger partial charge in [0.05, 0.1) is 30.5 Å². The summed E-state index contributed by atoms with van der Waals surface area (Å²) in [6.45, 7) is 6.22. The van der Waals surface area contributed by atoms with Crippen molar-refractivity contribution in [3.63, 3.8) is 0 Å². The van der Waals surface area contributed by atoms with Crippen molar-refractivity contribution in [1.29, 1.82) is 0 Å². The first kappa shape index (κ1) is 23.7. The number of rotatable bonds is 5. The molecule has 1 saturated heterocycles. The van der Waals surface area contributed by atoms with E-state index < -0.39 is 72.6 Å². The molecule has 1 aliphatic heterocycles. The minimum Gasteiger partial charge on any atom is -0.394 e. The first-order chi connectivity index (χ1) is 12.9. The van der Waals surface area contributed by atoms with E-state index in [4.69, 9.17) is 9.47 Å². The Hall–Kier alpha value is -0.620. The molecule has 2 fully saturated rings. The largest absolute Gasteiger partial charge is 0.394 e. The Bertz CT molecular complexity index is 550. The van der Waals surface area contributed by atoms with E-state index in [0.29, 0.717) is 0 Å². The maximum Gasteiger partial charge on any atom is 0.187 e. The molecule has 164 valence electrons. The van der Waals surface area contributed by atoms with E-state index in [1.165, 1.54) is 12.2 Å². The fraction of sp³-hybridized carbons (Fsp3) is 0.895. The quantitative estimate of drug-likeness (QED) is 0.263. The van der Waals surface area contributed by atoms with Crippen molar-refractivity contribution in [1.82, 2.24) is 0 Å². The SMILES string of the molecule is C[C@@H]1[C@H](O[C@@H]2O[C@H](CO)[C@@H](O)[C@H](O)[C@H]2O)[C@H](O)CC(C)(C)[C@]1(O)/C=C/[C@@H](C)O. The standard InChI is InChI=1S/C19H34O9/c1-9(21)5-6-19(26)10(2)16(11(22)7-18(19,3)4)28-17-15(25)14(24)13(23)12(8-20)27-17/h5-6,9-17,20-26H,7-8H2,1-4H3/b6-5+/t9-,10-,11-,12-,13-,14+,15-,16+,17+,19+/m1/s1. The van der Waals surface area contributed by atoms with Crippen LogP contribution in [-0.2, 0) is 9.47 Å². The second kappa shape index (κ2) is 8.63. The van der Waals surface area contributed by atoms with Crippen LogP contribution in [0, 0.1) is 11.3 Å². The lowest BCUT2D eigenvalue weighted by Gasteiger charge is -2.54. The van der Waals surface area contributed by atoms with Crippen molar-refractivity contribution in [2.45, 2.75) is 88.7 Å². The predicted octanol–water partition coefficient (Wildman–Crippen LogP) is -1.73. The zero-order chi connectivity index (χ0) is 21.4. The lowest BCUT2D eigenvalue weighted by atomic mass is 9.58.